The molecule has 2 aromatic carbocycles. The Morgan fingerprint density at radius 2 is 1.94 bits per heavy atom. The third-order valence-corrected chi connectivity index (χ3v) is 5.32. The molecule has 1 unspecified atom stereocenters. The monoisotopic (exact) mass is 419 g/mol. The molecule has 2 aliphatic rings. The molecule has 0 aliphatic carbocycles. The van der Waals surface area contributed by atoms with Crippen molar-refractivity contribution in [3.8, 4) is 5.75 Å². The molecule has 2 heterocycles. The lowest BCUT2D eigenvalue weighted by atomic mass is 10.1. The van der Waals surface area contributed by atoms with Gasteiger partial charge in [0.05, 0.1) is 12.3 Å². The number of carbonyl (C=O) groups is 1. The van der Waals surface area contributed by atoms with Gasteiger partial charge >= 0.3 is 6.03 Å². The van der Waals surface area contributed by atoms with Gasteiger partial charge in [0.2, 0.25) is 0 Å². The van der Waals surface area contributed by atoms with Crippen LogP contribution in [0, 0.1) is 0 Å². The Labute approximate surface area is 183 Å². The Morgan fingerprint density at radius 1 is 1.13 bits per heavy atom. The highest BCUT2D eigenvalue weighted by atomic mass is 16.5. The van der Waals surface area contributed by atoms with E-state index >= 15 is 0 Å². The minimum Gasteiger partial charge on any atom is -0.494 e. The van der Waals surface area contributed by atoms with Crippen LogP contribution in [0.3, 0.4) is 0 Å². The Balaban J connectivity index is 1.48. The minimum absolute atomic E-state index is 0.172. The van der Waals surface area contributed by atoms with Crippen LogP contribution in [-0.2, 0) is 6.54 Å². The number of ether oxygens (including phenoxy) is 1. The van der Waals surface area contributed by atoms with Crippen LogP contribution in [0.5, 0.6) is 5.75 Å². The van der Waals surface area contributed by atoms with E-state index in [1.165, 1.54) is 0 Å². The summed E-state index contributed by atoms with van der Waals surface area (Å²) < 4.78 is 5.90. The average molecular weight is 420 g/mol. The van der Waals surface area contributed by atoms with E-state index in [4.69, 9.17) is 10.5 Å². The van der Waals surface area contributed by atoms with Crippen LogP contribution in [0.25, 0.3) is 5.70 Å². The van der Waals surface area contributed by atoms with Gasteiger partial charge in [-0.1, -0.05) is 24.3 Å². The zero-order valence-electron chi connectivity index (χ0n) is 18.0. The first kappa shape index (κ1) is 21.0. The van der Waals surface area contributed by atoms with Crippen molar-refractivity contribution >= 4 is 17.4 Å². The van der Waals surface area contributed by atoms with Gasteiger partial charge in [0.1, 0.15) is 11.9 Å². The third kappa shape index (κ3) is 4.90. The quantitative estimate of drug-likeness (QED) is 0.573. The van der Waals surface area contributed by atoms with Crippen molar-refractivity contribution in [1.29, 1.82) is 0 Å². The molecule has 0 bridgehead atoms. The number of carbonyl (C=O) groups excluding carboxylic acids is 1. The average Bonchev–Trinajstić information content (AvgIpc) is 3.19. The van der Waals surface area contributed by atoms with Gasteiger partial charge < -0.3 is 26.0 Å². The van der Waals surface area contributed by atoms with Crippen LogP contribution in [0.15, 0.2) is 66.4 Å². The molecule has 31 heavy (non-hydrogen) atoms. The van der Waals surface area contributed by atoms with Crippen molar-refractivity contribution in [2.45, 2.75) is 19.1 Å². The molecule has 0 fully saturated rings. The summed E-state index contributed by atoms with van der Waals surface area (Å²) in [6.45, 7) is 2.15. The Hall–Kier alpha value is -3.29. The van der Waals surface area contributed by atoms with Crippen molar-refractivity contribution in [2.24, 2.45) is 5.73 Å². The van der Waals surface area contributed by atoms with Crippen LogP contribution < -0.4 is 26.0 Å². The van der Waals surface area contributed by atoms with Gasteiger partial charge in [-0.3, -0.25) is 4.90 Å². The zero-order valence-corrected chi connectivity index (χ0v) is 18.0. The first-order valence-electron chi connectivity index (χ1n) is 10.5. The molecule has 4 N–H and O–H groups in total. The number of benzene rings is 2. The van der Waals surface area contributed by atoms with Crippen LogP contribution in [0.4, 0.5) is 10.5 Å². The topological polar surface area (TPSA) is 82.9 Å². The first-order chi connectivity index (χ1) is 15.0. The molecule has 2 aliphatic heterocycles. The van der Waals surface area contributed by atoms with Crippen LogP contribution >= 0.6 is 0 Å². The standard InChI is InChI=1S/C24H29N5O2/c1-28(2)11-4-12-31-21-6-3-5-18(13-21)22-14-19-16-29(24(30)27-23(19)26-22)20-9-7-17(15-25)8-10-20/h3,5-10,13-14,16,23,26H,4,11-12,15,25H2,1-2H3,(H,27,30). The Morgan fingerprint density at radius 3 is 2.68 bits per heavy atom. The number of rotatable bonds is 8. The number of nitrogens with zero attached hydrogens (tertiary/aromatic N) is 2. The van der Waals surface area contributed by atoms with E-state index in [0.717, 1.165) is 46.8 Å². The molecule has 162 valence electrons. The summed E-state index contributed by atoms with van der Waals surface area (Å²) in [5.74, 6) is 0.841. The SMILES string of the molecule is CN(C)CCCOc1cccc(C2=CC3=CN(c4ccc(CN)cc4)C(=O)NC3N2)c1. The van der Waals surface area contributed by atoms with Crippen LogP contribution in [0.1, 0.15) is 17.5 Å². The normalized spacial score (nSPS) is 17.6. The fraction of sp³-hybridized carbons (Fsp3) is 0.292. The molecule has 7 heteroatoms. The summed E-state index contributed by atoms with van der Waals surface area (Å²) in [6.07, 6.45) is 4.67. The zero-order chi connectivity index (χ0) is 21.8. The predicted molar refractivity (Wildman–Crippen MR) is 123 cm³/mol. The van der Waals surface area contributed by atoms with E-state index in [2.05, 4.69) is 35.7 Å². The number of hydrogen-bond donors (Lipinski definition) is 3. The molecule has 0 spiro atoms. The van der Waals surface area contributed by atoms with Crippen molar-refractivity contribution in [1.82, 2.24) is 15.5 Å². The molecule has 7 nitrogen and oxygen atoms in total. The second kappa shape index (κ2) is 9.24. The number of nitrogens with two attached hydrogens (primary N) is 1. The molecule has 1 atom stereocenters. The van der Waals surface area contributed by atoms with Crippen molar-refractivity contribution < 1.29 is 9.53 Å². The van der Waals surface area contributed by atoms with Crippen LogP contribution in [0.2, 0.25) is 0 Å². The highest BCUT2D eigenvalue weighted by Crippen LogP contribution is 2.29. The molecule has 0 saturated heterocycles. The molecule has 0 radical (unpaired) electrons. The lowest BCUT2D eigenvalue weighted by molar-refractivity contribution is 0.244. The Bertz CT molecular complexity index is 997. The van der Waals surface area contributed by atoms with Crippen LogP contribution in [-0.4, -0.2) is 44.3 Å². The second-order valence-corrected chi connectivity index (χ2v) is 7.99. The summed E-state index contributed by atoms with van der Waals surface area (Å²) in [4.78, 5) is 16.4. The van der Waals surface area contributed by atoms with Crippen molar-refractivity contribution in [2.75, 3.05) is 32.1 Å². The van der Waals surface area contributed by atoms with Crippen molar-refractivity contribution in [3.05, 3.63) is 77.5 Å². The molecule has 0 aromatic heterocycles. The highest BCUT2D eigenvalue weighted by Gasteiger charge is 2.31. The third-order valence-electron chi connectivity index (χ3n) is 5.32. The summed E-state index contributed by atoms with van der Waals surface area (Å²) in [5.41, 5.74) is 10.5. The van der Waals surface area contributed by atoms with E-state index < -0.39 is 0 Å². The maximum atomic E-state index is 12.6. The molecular weight excluding hydrogens is 390 g/mol. The second-order valence-electron chi connectivity index (χ2n) is 7.99. The molecule has 4 rings (SSSR count). The number of amides is 2. The maximum Gasteiger partial charge on any atom is 0.327 e. The van der Waals surface area contributed by atoms with E-state index in [1.807, 2.05) is 54.7 Å². The summed E-state index contributed by atoms with van der Waals surface area (Å²) in [5, 5.41) is 6.41. The predicted octanol–water partition coefficient (Wildman–Crippen LogP) is 2.86. The van der Waals surface area contributed by atoms with Gasteiger partial charge in [0.15, 0.2) is 0 Å². The molecular formula is C24H29N5O2. The smallest absolute Gasteiger partial charge is 0.327 e. The maximum absolute atomic E-state index is 12.6. The minimum atomic E-state index is -0.244. The van der Waals surface area contributed by atoms with Gasteiger partial charge in [-0.25, -0.2) is 4.79 Å². The molecule has 2 amide bonds. The van der Waals surface area contributed by atoms with E-state index in [-0.39, 0.29) is 12.2 Å². The Kier molecular flexibility index (Phi) is 6.25. The summed E-state index contributed by atoms with van der Waals surface area (Å²) >= 11 is 0. The highest BCUT2D eigenvalue weighted by molar-refractivity contribution is 5.96. The number of anilines is 1. The number of urea groups is 1. The van der Waals surface area contributed by atoms with Crippen molar-refractivity contribution in [3.63, 3.8) is 0 Å². The lowest BCUT2D eigenvalue weighted by Gasteiger charge is -2.29. The van der Waals surface area contributed by atoms with Gasteiger partial charge in [-0.15, -0.1) is 0 Å². The largest absolute Gasteiger partial charge is 0.494 e. The van der Waals surface area contributed by atoms with Gasteiger partial charge in [-0.2, -0.15) is 0 Å². The van der Waals surface area contributed by atoms with Gasteiger partial charge in [-0.05, 0) is 56.4 Å². The van der Waals surface area contributed by atoms with Gasteiger partial charge in [0, 0.05) is 36.1 Å². The fourth-order valence-electron chi connectivity index (χ4n) is 3.64. The first-order valence-corrected chi connectivity index (χ1v) is 10.5. The number of nitrogens with one attached hydrogen (secondary N) is 2. The number of hydrogen-bond acceptors (Lipinski definition) is 5. The summed E-state index contributed by atoms with van der Waals surface area (Å²) in [6, 6.07) is 15.5. The van der Waals surface area contributed by atoms with E-state index in [1.54, 1.807) is 4.90 Å². The molecule has 2 aromatic rings. The summed E-state index contributed by atoms with van der Waals surface area (Å²) in [7, 11) is 4.12. The lowest BCUT2D eigenvalue weighted by Crippen LogP contribution is -2.51. The van der Waals surface area contributed by atoms with Gasteiger partial charge in [0.25, 0.3) is 0 Å². The van der Waals surface area contributed by atoms with E-state index in [9.17, 15) is 4.79 Å². The molecule has 0 saturated carbocycles. The fourth-order valence-corrected chi connectivity index (χ4v) is 3.64. The van der Waals surface area contributed by atoms with E-state index in [0.29, 0.717) is 13.2 Å². The number of fused-ring (bicyclic) bond motifs is 1.